The smallest absolute Gasteiger partial charge is 0.119 e. The lowest BCUT2D eigenvalue weighted by Crippen LogP contribution is -2.05. The molecule has 0 fully saturated rings. The van der Waals surface area contributed by atoms with E-state index in [4.69, 9.17) is 4.74 Å². The topological polar surface area (TPSA) is 9.23 Å². The van der Waals surface area contributed by atoms with E-state index < -0.39 is 0 Å². The molecule has 1 rings (SSSR count). The van der Waals surface area contributed by atoms with E-state index in [1.165, 1.54) is 24.8 Å². The van der Waals surface area contributed by atoms with Gasteiger partial charge in [0.15, 0.2) is 0 Å². The van der Waals surface area contributed by atoms with Gasteiger partial charge in [0.05, 0.1) is 6.10 Å². The zero-order valence-corrected chi connectivity index (χ0v) is 9.42. The highest BCUT2D eigenvalue weighted by Crippen LogP contribution is 2.15. The van der Waals surface area contributed by atoms with E-state index in [0.29, 0.717) is 0 Å². The van der Waals surface area contributed by atoms with Crippen LogP contribution in [-0.2, 0) is 6.42 Å². The summed E-state index contributed by atoms with van der Waals surface area (Å²) >= 11 is 0. The first-order valence-electron chi connectivity index (χ1n) is 5.48. The van der Waals surface area contributed by atoms with Gasteiger partial charge in [-0.05, 0) is 44.4 Å². The van der Waals surface area contributed by atoms with Crippen LogP contribution in [0.4, 0.5) is 0 Å². The molecule has 0 N–H and O–H groups in total. The van der Waals surface area contributed by atoms with Gasteiger partial charge in [-0.15, -0.1) is 0 Å². The van der Waals surface area contributed by atoms with Gasteiger partial charge in [-0.25, -0.2) is 0 Å². The Hall–Kier alpha value is -0.980. The minimum absolute atomic E-state index is 0.261. The maximum Gasteiger partial charge on any atom is 0.119 e. The molecule has 0 aliphatic heterocycles. The lowest BCUT2D eigenvalue weighted by molar-refractivity contribution is 0.242. The predicted molar refractivity (Wildman–Crippen MR) is 60.8 cm³/mol. The Bertz CT molecular complexity index is 248. The van der Waals surface area contributed by atoms with Gasteiger partial charge in [0.2, 0.25) is 0 Å². The van der Waals surface area contributed by atoms with Crippen LogP contribution in [0.2, 0.25) is 0 Å². The summed E-state index contributed by atoms with van der Waals surface area (Å²) in [6.07, 6.45) is 3.96. The summed E-state index contributed by atoms with van der Waals surface area (Å²) in [6.45, 7) is 6.31. The van der Waals surface area contributed by atoms with Crippen LogP contribution in [0.15, 0.2) is 24.3 Å². The maximum atomic E-state index is 5.57. The van der Waals surface area contributed by atoms with Crippen LogP contribution in [0.1, 0.15) is 39.2 Å². The molecule has 78 valence electrons. The Morgan fingerprint density at radius 1 is 1.14 bits per heavy atom. The third-order valence-electron chi connectivity index (χ3n) is 2.11. The summed E-state index contributed by atoms with van der Waals surface area (Å²) in [6, 6.07) is 8.44. The molecule has 0 aliphatic rings. The van der Waals surface area contributed by atoms with Gasteiger partial charge in [-0.1, -0.05) is 25.5 Å². The van der Waals surface area contributed by atoms with Gasteiger partial charge in [0.1, 0.15) is 5.75 Å². The Morgan fingerprint density at radius 2 is 1.79 bits per heavy atom. The van der Waals surface area contributed by atoms with Gasteiger partial charge in [0.25, 0.3) is 0 Å². The molecule has 0 radical (unpaired) electrons. The Morgan fingerprint density at radius 3 is 2.29 bits per heavy atom. The largest absolute Gasteiger partial charge is 0.491 e. The van der Waals surface area contributed by atoms with Crippen LogP contribution in [-0.4, -0.2) is 6.10 Å². The number of hydrogen-bond donors (Lipinski definition) is 0. The molecular weight excluding hydrogens is 172 g/mol. The third kappa shape index (κ3) is 3.82. The standard InChI is InChI=1S/C13H20O/c1-4-5-6-12-7-9-13(10-8-12)14-11(2)3/h7-11H,4-6H2,1-3H3. The van der Waals surface area contributed by atoms with Crippen molar-refractivity contribution in [2.75, 3.05) is 0 Å². The number of hydrogen-bond acceptors (Lipinski definition) is 1. The SMILES string of the molecule is CCCCc1ccc(OC(C)C)cc1. The lowest BCUT2D eigenvalue weighted by Gasteiger charge is -2.09. The molecule has 14 heavy (non-hydrogen) atoms. The van der Waals surface area contributed by atoms with Crippen LogP contribution < -0.4 is 4.74 Å². The lowest BCUT2D eigenvalue weighted by atomic mass is 10.1. The fourth-order valence-electron chi connectivity index (χ4n) is 1.39. The minimum atomic E-state index is 0.261. The first-order chi connectivity index (χ1) is 6.72. The average molecular weight is 192 g/mol. The fraction of sp³-hybridized carbons (Fsp3) is 0.538. The molecule has 0 saturated heterocycles. The molecule has 0 unspecified atom stereocenters. The van der Waals surface area contributed by atoms with Crippen molar-refractivity contribution < 1.29 is 4.74 Å². The van der Waals surface area contributed by atoms with Gasteiger partial charge in [-0.2, -0.15) is 0 Å². The Labute approximate surface area is 87.1 Å². The molecule has 1 heteroatoms. The number of rotatable bonds is 5. The van der Waals surface area contributed by atoms with Crippen LogP contribution in [0.5, 0.6) is 5.75 Å². The van der Waals surface area contributed by atoms with Crippen LogP contribution in [0.25, 0.3) is 0 Å². The summed E-state index contributed by atoms with van der Waals surface area (Å²) in [7, 11) is 0. The highest BCUT2D eigenvalue weighted by molar-refractivity contribution is 5.27. The van der Waals surface area contributed by atoms with Crippen molar-refractivity contribution in [2.24, 2.45) is 0 Å². The minimum Gasteiger partial charge on any atom is -0.491 e. The van der Waals surface area contributed by atoms with E-state index in [0.717, 1.165) is 5.75 Å². The summed E-state index contributed by atoms with van der Waals surface area (Å²) in [5, 5.41) is 0. The summed E-state index contributed by atoms with van der Waals surface area (Å²) < 4.78 is 5.57. The quantitative estimate of drug-likeness (QED) is 0.689. The fourth-order valence-corrected chi connectivity index (χ4v) is 1.39. The molecule has 1 aromatic rings. The van der Waals surface area contributed by atoms with Gasteiger partial charge < -0.3 is 4.74 Å². The highest BCUT2D eigenvalue weighted by atomic mass is 16.5. The number of aryl methyl sites for hydroxylation is 1. The molecule has 0 heterocycles. The highest BCUT2D eigenvalue weighted by Gasteiger charge is 1.97. The van der Waals surface area contributed by atoms with E-state index >= 15 is 0 Å². The van der Waals surface area contributed by atoms with E-state index in [-0.39, 0.29) is 6.10 Å². The third-order valence-corrected chi connectivity index (χ3v) is 2.11. The van der Waals surface area contributed by atoms with Gasteiger partial charge in [0, 0.05) is 0 Å². The zero-order valence-electron chi connectivity index (χ0n) is 9.42. The average Bonchev–Trinajstić information content (AvgIpc) is 2.16. The van der Waals surface area contributed by atoms with Crippen LogP contribution in [0.3, 0.4) is 0 Å². The van der Waals surface area contributed by atoms with Crippen molar-refractivity contribution in [1.29, 1.82) is 0 Å². The van der Waals surface area contributed by atoms with Crippen molar-refractivity contribution in [3.63, 3.8) is 0 Å². The van der Waals surface area contributed by atoms with Gasteiger partial charge >= 0.3 is 0 Å². The molecular formula is C13H20O. The van der Waals surface area contributed by atoms with Crippen molar-refractivity contribution in [2.45, 2.75) is 46.1 Å². The van der Waals surface area contributed by atoms with E-state index in [1.807, 2.05) is 13.8 Å². The summed E-state index contributed by atoms with van der Waals surface area (Å²) in [5.74, 6) is 0.972. The zero-order chi connectivity index (χ0) is 10.4. The Balaban J connectivity index is 2.50. The summed E-state index contributed by atoms with van der Waals surface area (Å²) in [4.78, 5) is 0. The van der Waals surface area contributed by atoms with E-state index in [2.05, 4.69) is 31.2 Å². The van der Waals surface area contributed by atoms with E-state index in [9.17, 15) is 0 Å². The number of benzene rings is 1. The van der Waals surface area contributed by atoms with Crippen LogP contribution in [0, 0.1) is 0 Å². The first kappa shape index (κ1) is 11.1. The van der Waals surface area contributed by atoms with Crippen molar-refractivity contribution in [3.8, 4) is 5.75 Å². The molecule has 0 bridgehead atoms. The predicted octanol–water partition coefficient (Wildman–Crippen LogP) is 3.82. The molecule has 0 spiro atoms. The monoisotopic (exact) mass is 192 g/mol. The first-order valence-corrected chi connectivity index (χ1v) is 5.48. The van der Waals surface area contributed by atoms with Crippen molar-refractivity contribution in [3.05, 3.63) is 29.8 Å². The normalized spacial score (nSPS) is 10.6. The second-order valence-corrected chi connectivity index (χ2v) is 3.91. The molecule has 0 atom stereocenters. The maximum absolute atomic E-state index is 5.57. The molecule has 0 saturated carbocycles. The second kappa shape index (κ2) is 5.69. The second-order valence-electron chi connectivity index (χ2n) is 3.91. The number of unbranched alkanes of at least 4 members (excludes halogenated alkanes) is 1. The van der Waals surface area contributed by atoms with E-state index in [1.54, 1.807) is 0 Å². The Kier molecular flexibility index (Phi) is 4.51. The molecule has 0 aliphatic carbocycles. The van der Waals surface area contributed by atoms with Crippen LogP contribution >= 0.6 is 0 Å². The summed E-state index contributed by atoms with van der Waals surface area (Å²) in [5.41, 5.74) is 1.41. The molecule has 0 amide bonds. The molecule has 0 aromatic heterocycles. The van der Waals surface area contributed by atoms with Crippen molar-refractivity contribution in [1.82, 2.24) is 0 Å². The van der Waals surface area contributed by atoms with Gasteiger partial charge in [-0.3, -0.25) is 0 Å². The number of ether oxygens (including phenoxy) is 1. The molecule has 1 aromatic carbocycles. The van der Waals surface area contributed by atoms with Crippen molar-refractivity contribution >= 4 is 0 Å². The molecule has 1 nitrogen and oxygen atoms in total.